The second kappa shape index (κ2) is 6.93. The summed E-state index contributed by atoms with van der Waals surface area (Å²) >= 11 is 1.84. The highest BCUT2D eigenvalue weighted by Gasteiger charge is 2.32. The number of benzene rings is 1. The maximum atomic E-state index is 13.1. The van der Waals surface area contributed by atoms with Gasteiger partial charge in [-0.3, -0.25) is 9.69 Å². The largest absolute Gasteiger partial charge is 0.334 e. The monoisotopic (exact) mass is 354 g/mol. The van der Waals surface area contributed by atoms with E-state index in [9.17, 15) is 4.79 Å². The topological polar surface area (TPSA) is 23.6 Å². The van der Waals surface area contributed by atoms with Gasteiger partial charge in [-0.25, -0.2) is 0 Å². The molecule has 132 valence electrons. The molecule has 3 nitrogen and oxygen atoms in total. The Hall–Kier alpha value is -1.65. The van der Waals surface area contributed by atoms with E-state index >= 15 is 0 Å². The zero-order valence-corrected chi connectivity index (χ0v) is 15.9. The molecule has 0 radical (unpaired) electrons. The smallest absolute Gasteiger partial charge is 0.237 e. The van der Waals surface area contributed by atoms with Gasteiger partial charge in [0.1, 0.15) is 0 Å². The lowest BCUT2D eigenvalue weighted by molar-refractivity contribution is -0.135. The number of nitrogens with zero attached hydrogens (tertiary/aromatic N) is 2. The van der Waals surface area contributed by atoms with Gasteiger partial charge in [0.15, 0.2) is 0 Å². The van der Waals surface area contributed by atoms with E-state index in [1.54, 1.807) is 0 Å². The van der Waals surface area contributed by atoms with Crippen LogP contribution in [0.5, 0.6) is 0 Å². The van der Waals surface area contributed by atoms with Crippen molar-refractivity contribution in [2.75, 3.05) is 20.1 Å². The first-order valence-electron chi connectivity index (χ1n) is 9.32. The molecule has 1 amide bonds. The summed E-state index contributed by atoms with van der Waals surface area (Å²) in [5.41, 5.74) is 4.23. The lowest BCUT2D eigenvalue weighted by Gasteiger charge is -2.37. The van der Waals surface area contributed by atoms with Crippen molar-refractivity contribution in [1.29, 1.82) is 0 Å². The number of amides is 1. The molecule has 0 N–H and O–H groups in total. The summed E-state index contributed by atoms with van der Waals surface area (Å²) in [5.74, 6) is 0.274. The van der Waals surface area contributed by atoms with E-state index < -0.39 is 0 Å². The van der Waals surface area contributed by atoms with Gasteiger partial charge in [-0.05, 0) is 60.9 Å². The average Bonchev–Trinajstić information content (AvgIpc) is 3.27. The van der Waals surface area contributed by atoms with Crippen LogP contribution in [0.1, 0.15) is 53.4 Å². The predicted molar refractivity (Wildman–Crippen MR) is 103 cm³/mol. The quantitative estimate of drug-likeness (QED) is 0.821. The Kier molecular flexibility index (Phi) is 4.65. The maximum Gasteiger partial charge on any atom is 0.237 e. The van der Waals surface area contributed by atoms with Crippen molar-refractivity contribution in [2.24, 2.45) is 0 Å². The Morgan fingerprint density at radius 1 is 1.24 bits per heavy atom. The van der Waals surface area contributed by atoms with E-state index in [4.69, 9.17) is 0 Å². The lowest BCUT2D eigenvalue weighted by Crippen LogP contribution is -2.44. The molecule has 2 heterocycles. The molecule has 2 aliphatic rings. The number of thiophene rings is 1. The van der Waals surface area contributed by atoms with Gasteiger partial charge < -0.3 is 4.90 Å². The minimum absolute atomic E-state index is 0.256. The number of rotatable bonds is 4. The summed E-state index contributed by atoms with van der Waals surface area (Å²) in [4.78, 5) is 18.9. The summed E-state index contributed by atoms with van der Waals surface area (Å²) in [7, 11) is 2.10. The van der Waals surface area contributed by atoms with Crippen molar-refractivity contribution in [3.8, 4) is 0 Å². The predicted octanol–water partition coefficient (Wildman–Crippen LogP) is 4.20. The zero-order chi connectivity index (χ0) is 17.4. The number of fused-ring (bicyclic) bond motifs is 2. The molecule has 25 heavy (non-hydrogen) atoms. The number of aryl methyl sites for hydroxylation is 1. The van der Waals surface area contributed by atoms with Gasteiger partial charge in [-0.15, -0.1) is 11.3 Å². The molecule has 2 unspecified atom stereocenters. The highest BCUT2D eigenvalue weighted by atomic mass is 32.1. The molecule has 0 spiro atoms. The standard InChI is InChI=1S/C21H26N2OS/c1-3-18-17-11-13-25-20(17)10-12-23(18)21(24)14-22(2)19-9-8-15-6-4-5-7-16(15)19/h4-7,11,13,18-19H,3,8-10,12,14H2,1-2H3. The van der Waals surface area contributed by atoms with Crippen LogP contribution in [0.2, 0.25) is 0 Å². The molecule has 0 bridgehead atoms. The molecule has 1 aliphatic heterocycles. The van der Waals surface area contributed by atoms with Gasteiger partial charge in [-0.1, -0.05) is 31.2 Å². The van der Waals surface area contributed by atoms with Crippen molar-refractivity contribution >= 4 is 17.2 Å². The van der Waals surface area contributed by atoms with Crippen LogP contribution in [0.25, 0.3) is 0 Å². The van der Waals surface area contributed by atoms with Crippen molar-refractivity contribution < 1.29 is 4.79 Å². The number of hydrogen-bond acceptors (Lipinski definition) is 3. The van der Waals surface area contributed by atoms with Crippen molar-refractivity contribution in [2.45, 2.75) is 44.7 Å². The fourth-order valence-electron chi connectivity index (χ4n) is 4.54. The van der Waals surface area contributed by atoms with Crippen molar-refractivity contribution in [3.05, 3.63) is 57.3 Å². The summed E-state index contributed by atoms with van der Waals surface area (Å²) in [6.45, 7) is 3.56. The van der Waals surface area contributed by atoms with E-state index in [1.807, 2.05) is 11.3 Å². The van der Waals surface area contributed by atoms with Crippen LogP contribution in [0.3, 0.4) is 0 Å². The van der Waals surface area contributed by atoms with Gasteiger partial charge in [0.05, 0.1) is 12.6 Å². The van der Waals surface area contributed by atoms with Crippen LogP contribution >= 0.6 is 11.3 Å². The summed E-state index contributed by atoms with van der Waals surface area (Å²) < 4.78 is 0. The molecule has 1 aliphatic carbocycles. The van der Waals surface area contributed by atoms with Crippen molar-refractivity contribution in [1.82, 2.24) is 9.80 Å². The van der Waals surface area contributed by atoms with Crippen LogP contribution in [-0.4, -0.2) is 35.8 Å². The Balaban J connectivity index is 1.47. The molecule has 2 aromatic rings. The molecule has 0 fully saturated rings. The Morgan fingerprint density at radius 3 is 2.92 bits per heavy atom. The second-order valence-corrected chi connectivity index (χ2v) is 8.23. The molecule has 1 aromatic carbocycles. The van der Waals surface area contributed by atoms with Gasteiger partial charge >= 0.3 is 0 Å². The highest BCUT2D eigenvalue weighted by molar-refractivity contribution is 7.10. The van der Waals surface area contributed by atoms with Gasteiger partial charge in [0.25, 0.3) is 0 Å². The second-order valence-electron chi connectivity index (χ2n) is 7.23. The van der Waals surface area contributed by atoms with E-state index in [1.165, 1.54) is 21.6 Å². The number of carbonyl (C=O) groups excluding carboxylic acids is 1. The first-order valence-corrected chi connectivity index (χ1v) is 10.2. The SMILES string of the molecule is CCC1c2ccsc2CCN1C(=O)CN(C)C1CCc2ccccc21. The summed E-state index contributed by atoms with van der Waals surface area (Å²) in [5, 5.41) is 2.17. The third-order valence-corrected chi connectivity index (χ3v) is 6.82. The molecule has 4 rings (SSSR count). The average molecular weight is 355 g/mol. The van der Waals surface area contributed by atoms with Crippen LogP contribution < -0.4 is 0 Å². The highest BCUT2D eigenvalue weighted by Crippen LogP contribution is 2.37. The number of likely N-dealkylation sites (N-methyl/N-ethyl adjacent to an activating group) is 1. The van der Waals surface area contributed by atoms with E-state index in [0.29, 0.717) is 12.6 Å². The minimum atomic E-state index is 0.256. The number of carbonyl (C=O) groups is 1. The van der Waals surface area contributed by atoms with Crippen LogP contribution in [0.4, 0.5) is 0 Å². The number of hydrogen-bond donors (Lipinski definition) is 0. The fraction of sp³-hybridized carbons (Fsp3) is 0.476. The Labute approximate surface area is 154 Å². The molecule has 1 aromatic heterocycles. The lowest BCUT2D eigenvalue weighted by atomic mass is 9.97. The van der Waals surface area contributed by atoms with Gasteiger partial charge in [0, 0.05) is 17.5 Å². The zero-order valence-electron chi connectivity index (χ0n) is 15.1. The Morgan fingerprint density at radius 2 is 2.08 bits per heavy atom. The van der Waals surface area contributed by atoms with Gasteiger partial charge in [0.2, 0.25) is 5.91 Å². The maximum absolute atomic E-state index is 13.1. The summed E-state index contributed by atoms with van der Waals surface area (Å²) in [6.07, 6.45) is 4.24. The first-order chi connectivity index (χ1) is 12.2. The van der Waals surface area contributed by atoms with E-state index in [2.05, 4.69) is 59.5 Å². The Bertz CT molecular complexity index is 769. The molecular weight excluding hydrogens is 328 g/mol. The van der Waals surface area contributed by atoms with E-state index in [-0.39, 0.29) is 11.9 Å². The van der Waals surface area contributed by atoms with Crippen LogP contribution in [0, 0.1) is 0 Å². The fourth-order valence-corrected chi connectivity index (χ4v) is 5.47. The normalized spacial score (nSPS) is 22.1. The van der Waals surface area contributed by atoms with E-state index in [0.717, 1.165) is 32.2 Å². The first kappa shape index (κ1) is 16.8. The molecule has 0 saturated heterocycles. The molecule has 2 atom stereocenters. The molecule has 0 saturated carbocycles. The minimum Gasteiger partial charge on any atom is -0.334 e. The summed E-state index contributed by atoms with van der Waals surface area (Å²) in [6, 6.07) is 11.5. The van der Waals surface area contributed by atoms with Crippen LogP contribution in [0.15, 0.2) is 35.7 Å². The van der Waals surface area contributed by atoms with Crippen LogP contribution in [-0.2, 0) is 17.6 Å². The molecular formula is C21H26N2OS. The third-order valence-electron chi connectivity index (χ3n) is 5.82. The van der Waals surface area contributed by atoms with Crippen molar-refractivity contribution in [3.63, 3.8) is 0 Å². The van der Waals surface area contributed by atoms with Gasteiger partial charge in [-0.2, -0.15) is 0 Å². The third kappa shape index (κ3) is 3.02. The molecule has 4 heteroatoms.